The van der Waals surface area contributed by atoms with Crippen LogP contribution in [0.2, 0.25) is 0 Å². The van der Waals surface area contributed by atoms with Gasteiger partial charge in [-0.3, -0.25) is 9.59 Å². The monoisotopic (exact) mass is 427 g/mol. The Morgan fingerprint density at radius 1 is 1.23 bits per heavy atom. The molecular weight excluding hydrogens is 398 g/mol. The molecule has 1 heterocycles. The third-order valence-corrected chi connectivity index (χ3v) is 5.50. The number of amides is 2. The number of hydrogen-bond donors (Lipinski definition) is 3. The van der Waals surface area contributed by atoms with E-state index in [2.05, 4.69) is 16.7 Å². The van der Waals surface area contributed by atoms with Crippen LogP contribution in [-0.2, 0) is 14.3 Å². The van der Waals surface area contributed by atoms with Gasteiger partial charge in [-0.05, 0) is 44.2 Å². The minimum Gasteiger partial charge on any atom is -0.466 e. The summed E-state index contributed by atoms with van der Waals surface area (Å²) in [6.45, 7) is 0.460. The molecule has 0 radical (unpaired) electrons. The highest BCUT2D eigenvalue weighted by Gasteiger charge is 2.34. The first kappa shape index (κ1) is 22.6. The van der Waals surface area contributed by atoms with Gasteiger partial charge in [0, 0.05) is 13.1 Å². The van der Waals surface area contributed by atoms with Gasteiger partial charge in [0.1, 0.15) is 5.70 Å². The molecule has 2 amide bonds. The van der Waals surface area contributed by atoms with E-state index in [0.717, 1.165) is 19.3 Å². The van der Waals surface area contributed by atoms with Crippen LogP contribution >= 0.6 is 0 Å². The second-order valence-electron chi connectivity index (χ2n) is 7.58. The summed E-state index contributed by atoms with van der Waals surface area (Å²) in [4.78, 5) is 39.1. The molecule has 1 aliphatic carbocycles. The summed E-state index contributed by atoms with van der Waals surface area (Å²) in [6, 6.07) is 6.84. The van der Waals surface area contributed by atoms with Crippen LogP contribution in [0.4, 0.5) is 5.69 Å². The van der Waals surface area contributed by atoms with Crippen LogP contribution in [0, 0.1) is 0 Å². The van der Waals surface area contributed by atoms with E-state index in [1.54, 1.807) is 24.3 Å². The number of carbonyl (C=O) groups is 3. The fraction of sp³-hybridized carbons (Fsp3) is 0.435. The van der Waals surface area contributed by atoms with E-state index in [-0.39, 0.29) is 36.9 Å². The Morgan fingerprint density at radius 3 is 2.74 bits per heavy atom. The first-order valence-electron chi connectivity index (χ1n) is 10.6. The molecule has 0 spiro atoms. The maximum atomic E-state index is 12.8. The number of benzene rings is 1. The predicted molar refractivity (Wildman–Crippen MR) is 116 cm³/mol. The van der Waals surface area contributed by atoms with Crippen molar-refractivity contribution in [3.63, 3.8) is 0 Å². The van der Waals surface area contributed by atoms with Crippen LogP contribution in [0.1, 0.15) is 42.5 Å². The number of methoxy groups -OCH3 is 1. The SMILES string of the molecule is COC(=O)C1=C(Nc2ccccc2C(=O)NCCC2=CCCCC2)C(=O)N(CCO)C1. The molecule has 1 aromatic rings. The summed E-state index contributed by atoms with van der Waals surface area (Å²) in [5, 5.41) is 15.1. The number of nitrogens with zero attached hydrogens (tertiary/aromatic N) is 1. The Hall–Kier alpha value is -3.13. The summed E-state index contributed by atoms with van der Waals surface area (Å²) in [6.07, 6.45) is 7.71. The molecule has 0 saturated heterocycles. The van der Waals surface area contributed by atoms with Crippen molar-refractivity contribution in [2.24, 2.45) is 0 Å². The fourth-order valence-corrected chi connectivity index (χ4v) is 3.84. The Labute approximate surface area is 181 Å². The van der Waals surface area contributed by atoms with E-state index >= 15 is 0 Å². The quantitative estimate of drug-likeness (QED) is 0.411. The normalized spacial score (nSPS) is 16.3. The van der Waals surface area contributed by atoms with Gasteiger partial charge in [0.05, 0.1) is 37.1 Å². The Bertz CT molecular complexity index is 906. The largest absolute Gasteiger partial charge is 0.466 e. The van der Waals surface area contributed by atoms with Gasteiger partial charge >= 0.3 is 5.97 Å². The van der Waals surface area contributed by atoms with Crippen molar-refractivity contribution in [3.05, 3.63) is 52.7 Å². The van der Waals surface area contributed by atoms with Crippen LogP contribution < -0.4 is 10.6 Å². The molecule has 8 nitrogen and oxygen atoms in total. The van der Waals surface area contributed by atoms with Crippen LogP contribution in [0.5, 0.6) is 0 Å². The van der Waals surface area contributed by atoms with Crippen molar-refractivity contribution in [3.8, 4) is 0 Å². The molecule has 1 aromatic carbocycles. The Kier molecular flexibility index (Phi) is 7.83. The van der Waals surface area contributed by atoms with Crippen molar-refractivity contribution in [2.45, 2.75) is 32.1 Å². The molecule has 0 fully saturated rings. The van der Waals surface area contributed by atoms with Crippen LogP contribution in [0.3, 0.4) is 0 Å². The molecule has 0 atom stereocenters. The highest BCUT2D eigenvalue weighted by Crippen LogP contribution is 2.25. The molecule has 166 valence electrons. The molecular formula is C23H29N3O5. The number of β-amino-alcohol motifs (C(OH)–C–C–N with tert-alkyl or cyclic N) is 1. The molecule has 0 aromatic heterocycles. The average Bonchev–Trinajstić information content (AvgIpc) is 3.10. The van der Waals surface area contributed by atoms with Gasteiger partial charge in [-0.25, -0.2) is 4.79 Å². The van der Waals surface area contributed by atoms with Crippen molar-refractivity contribution >= 4 is 23.5 Å². The van der Waals surface area contributed by atoms with E-state index in [1.807, 2.05) is 0 Å². The molecule has 2 aliphatic rings. The minimum atomic E-state index is -0.626. The summed E-state index contributed by atoms with van der Waals surface area (Å²) in [5.41, 5.74) is 2.41. The van der Waals surface area contributed by atoms with Crippen molar-refractivity contribution in [1.29, 1.82) is 0 Å². The zero-order valence-electron chi connectivity index (χ0n) is 17.8. The van der Waals surface area contributed by atoms with Crippen molar-refractivity contribution in [1.82, 2.24) is 10.2 Å². The second kappa shape index (κ2) is 10.8. The number of aliphatic hydroxyl groups excluding tert-OH is 1. The summed E-state index contributed by atoms with van der Waals surface area (Å²) in [7, 11) is 1.25. The lowest BCUT2D eigenvalue weighted by molar-refractivity contribution is -0.136. The zero-order chi connectivity index (χ0) is 22.2. The molecule has 1 aliphatic heterocycles. The lowest BCUT2D eigenvalue weighted by Gasteiger charge is -2.16. The Morgan fingerprint density at radius 2 is 2.03 bits per heavy atom. The van der Waals surface area contributed by atoms with E-state index in [4.69, 9.17) is 4.74 Å². The highest BCUT2D eigenvalue weighted by molar-refractivity contribution is 6.09. The van der Waals surface area contributed by atoms with Gasteiger partial charge in [0.2, 0.25) is 0 Å². The van der Waals surface area contributed by atoms with Crippen molar-refractivity contribution in [2.75, 3.05) is 38.7 Å². The third kappa shape index (κ3) is 5.52. The van der Waals surface area contributed by atoms with Gasteiger partial charge in [-0.15, -0.1) is 0 Å². The summed E-state index contributed by atoms with van der Waals surface area (Å²) in [5.74, 6) is -1.30. The van der Waals surface area contributed by atoms with E-state index < -0.39 is 11.9 Å². The number of anilines is 1. The molecule has 3 rings (SSSR count). The number of rotatable bonds is 9. The maximum Gasteiger partial charge on any atom is 0.337 e. The lowest BCUT2D eigenvalue weighted by Crippen LogP contribution is -2.31. The number of hydrogen-bond acceptors (Lipinski definition) is 6. The minimum absolute atomic E-state index is 0.0396. The summed E-state index contributed by atoms with van der Waals surface area (Å²) >= 11 is 0. The number of nitrogens with one attached hydrogen (secondary N) is 2. The highest BCUT2D eigenvalue weighted by atomic mass is 16.5. The molecule has 0 saturated carbocycles. The maximum absolute atomic E-state index is 12.8. The fourth-order valence-electron chi connectivity index (χ4n) is 3.84. The number of carbonyl (C=O) groups excluding carboxylic acids is 3. The Balaban J connectivity index is 1.74. The number of allylic oxidation sites excluding steroid dienone is 1. The van der Waals surface area contributed by atoms with Gasteiger partial charge in [-0.1, -0.05) is 23.8 Å². The topological polar surface area (TPSA) is 108 Å². The molecule has 3 N–H and O–H groups in total. The first-order valence-corrected chi connectivity index (χ1v) is 10.6. The van der Waals surface area contributed by atoms with Gasteiger partial charge in [-0.2, -0.15) is 0 Å². The molecule has 0 unspecified atom stereocenters. The van der Waals surface area contributed by atoms with Gasteiger partial charge < -0.3 is 25.4 Å². The number of aliphatic hydroxyl groups is 1. The predicted octanol–water partition coefficient (Wildman–Crippen LogP) is 1.98. The van der Waals surface area contributed by atoms with Crippen LogP contribution in [0.15, 0.2) is 47.2 Å². The van der Waals surface area contributed by atoms with Crippen LogP contribution in [-0.4, -0.2) is 61.1 Å². The third-order valence-electron chi connectivity index (χ3n) is 5.50. The molecule has 31 heavy (non-hydrogen) atoms. The molecule has 8 heteroatoms. The second-order valence-corrected chi connectivity index (χ2v) is 7.58. The van der Waals surface area contributed by atoms with E-state index in [9.17, 15) is 19.5 Å². The summed E-state index contributed by atoms with van der Waals surface area (Å²) < 4.78 is 4.80. The number of esters is 1. The lowest BCUT2D eigenvalue weighted by atomic mass is 9.97. The van der Waals surface area contributed by atoms with Crippen LogP contribution in [0.25, 0.3) is 0 Å². The molecule has 0 bridgehead atoms. The van der Waals surface area contributed by atoms with E-state index in [1.165, 1.54) is 30.4 Å². The van der Waals surface area contributed by atoms with Gasteiger partial charge in [0.15, 0.2) is 0 Å². The number of para-hydroxylation sites is 1. The van der Waals surface area contributed by atoms with Gasteiger partial charge in [0.25, 0.3) is 11.8 Å². The zero-order valence-corrected chi connectivity index (χ0v) is 17.8. The first-order chi connectivity index (χ1) is 15.0. The number of ether oxygens (including phenoxy) is 1. The van der Waals surface area contributed by atoms with Crippen molar-refractivity contribution < 1.29 is 24.2 Å². The van der Waals surface area contributed by atoms with E-state index in [0.29, 0.717) is 17.8 Å². The standard InChI is InChI=1S/C23H29N3O5/c1-31-23(30)18-15-26(13-14-27)22(29)20(18)25-19-10-6-5-9-17(19)21(28)24-12-11-16-7-3-2-4-8-16/h5-7,9-10,25,27H,2-4,8,11-15H2,1H3,(H,24,28). The average molecular weight is 428 g/mol. The smallest absolute Gasteiger partial charge is 0.337 e.